The van der Waals surface area contributed by atoms with Gasteiger partial charge in [-0.3, -0.25) is 0 Å². The summed E-state index contributed by atoms with van der Waals surface area (Å²) in [5.41, 5.74) is 5.85. The van der Waals surface area contributed by atoms with Crippen molar-refractivity contribution in [3.05, 3.63) is 0 Å². The topological polar surface area (TPSA) is 115 Å². The van der Waals surface area contributed by atoms with E-state index in [1.54, 1.807) is 18.9 Å². The Morgan fingerprint density at radius 2 is 1.81 bits per heavy atom. The van der Waals surface area contributed by atoms with E-state index in [4.69, 9.17) is 5.73 Å². The van der Waals surface area contributed by atoms with Crippen LogP contribution in [0.4, 0.5) is 11.6 Å². The van der Waals surface area contributed by atoms with Gasteiger partial charge in [0.1, 0.15) is 5.82 Å². The first-order valence-corrected chi connectivity index (χ1v) is 10.2. The zero-order chi connectivity index (χ0) is 16.4. The fourth-order valence-corrected chi connectivity index (χ4v) is 3.49. The third kappa shape index (κ3) is 4.10. The van der Waals surface area contributed by atoms with Crippen LogP contribution in [0, 0.1) is 0 Å². The Morgan fingerprint density at radius 1 is 1.24 bits per heavy atom. The van der Waals surface area contributed by atoms with Gasteiger partial charge >= 0.3 is 0 Å². The Morgan fingerprint density at radius 3 is 2.24 bits per heavy atom. The highest BCUT2D eigenvalue weighted by atomic mass is 32.2. The van der Waals surface area contributed by atoms with Crippen LogP contribution in [-0.4, -0.2) is 58.0 Å². The predicted octanol–water partition coefficient (Wildman–Crippen LogP) is -0.240. The molecule has 0 aliphatic heterocycles. The molecule has 0 aromatic carbocycles. The number of aromatic nitrogens is 2. The van der Waals surface area contributed by atoms with Crippen LogP contribution < -0.4 is 10.6 Å². The summed E-state index contributed by atoms with van der Waals surface area (Å²) < 4.78 is 48.1. The lowest BCUT2D eigenvalue weighted by Gasteiger charge is -2.14. The molecule has 8 nitrogen and oxygen atoms in total. The number of anilines is 2. The molecule has 10 heteroatoms. The Hall–Kier alpha value is -1.29. The van der Waals surface area contributed by atoms with E-state index in [1.807, 2.05) is 6.92 Å². The average Bonchev–Trinajstić information content (AvgIpc) is 2.72. The molecule has 1 rings (SSSR count). The van der Waals surface area contributed by atoms with E-state index < -0.39 is 19.7 Å². The zero-order valence-electron chi connectivity index (χ0n) is 12.7. The number of nitrogen functional groups attached to an aromatic ring is 1. The smallest absolute Gasteiger partial charge is 0.182 e. The van der Waals surface area contributed by atoms with E-state index in [2.05, 4.69) is 5.10 Å². The summed E-state index contributed by atoms with van der Waals surface area (Å²) in [4.78, 5) is 1.60. The molecule has 0 radical (unpaired) electrons. The molecule has 0 amide bonds. The molecule has 0 atom stereocenters. The van der Waals surface area contributed by atoms with Crippen molar-refractivity contribution in [3.8, 4) is 0 Å². The fourth-order valence-electron chi connectivity index (χ4n) is 1.74. The molecule has 0 unspecified atom stereocenters. The maximum atomic E-state index is 11.9. The van der Waals surface area contributed by atoms with Gasteiger partial charge in [0.2, 0.25) is 0 Å². The lowest BCUT2D eigenvalue weighted by molar-refractivity contribution is 0.583. The van der Waals surface area contributed by atoms with E-state index in [0.717, 1.165) is 6.26 Å². The summed E-state index contributed by atoms with van der Waals surface area (Å²) in [6.07, 6.45) is 1.06. The Labute approximate surface area is 125 Å². The molecule has 0 aliphatic carbocycles. The number of rotatable bonds is 7. The van der Waals surface area contributed by atoms with Crippen LogP contribution in [0.1, 0.15) is 13.8 Å². The molecule has 0 fully saturated rings. The van der Waals surface area contributed by atoms with Crippen molar-refractivity contribution in [2.24, 2.45) is 0 Å². The number of hydrogen-bond acceptors (Lipinski definition) is 7. The SMILES string of the molecule is CCN(C)c1nn(CCS(=O)(=O)CC)c(N)c1S(C)(=O)=O. The summed E-state index contributed by atoms with van der Waals surface area (Å²) >= 11 is 0. The van der Waals surface area contributed by atoms with Crippen molar-refractivity contribution in [1.82, 2.24) is 9.78 Å². The second-order valence-corrected chi connectivity index (χ2v) is 9.21. The molecule has 0 saturated heterocycles. The maximum absolute atomic E-state index is 11.9. The highest BCUT2D eigenvalue weighted by Gasteiger charge is 2.26. The summed E-state index contributed by atoms with van der Waals surface area (Å²) in [7, 11) is -5.04. The summed E-state index contributed by atoms with van der Waals surface area (Å²) in [6, 6.07) is 0. The highest BCUT2D eigenvalue weighted by Crippen LogP contribution is 2.29. The Balaban J connectivity index is 3.28. The molecular formula is C11H22N4O4S2. The molecule has 0 bridgehead atoms. The highest BCUT2D eigenvalue weighted by molar-refractivity contribution is 7.91. The second kappa shape index (κ2) is 6.22. The summed E-state index contributed by atoms with van der Waals surface area (Å²) in [5.74, 6) is 0.105. The van der Waals surface area contributed by atoms with Crippen LogP contribution in [0.2, 0.25) is 0 Å². The lowest BCUT2D eigenvalue weighted by Crippen LogP contribution is -2.19. The number of nitrogens with zero attached hydrogens (tertiary/aromatic N) is 3. The minimum absolute atomic E-state index is 0.0226. The zero-order valence-corrected chi connectivity index (χ0v) is 14.3. The minimum atomic E-state index is -3.56. The molecule has 21 heavy (non-hydrogen) atoms. The van der Waals surface area contributed by atoms with E-state index in [1.165, 1.54) is 4.68 Å². The number of sulfone groups is 2. The van der Waals surface area contributed by atoms with Crippen LogP contribution >= 0.6 is 0 Å². The molecular weight excluding hydrogens is 316 g/mol. The Kier molecular flexibility index (Phi) is 5.26. The minimum Gasteiger partial charge on any atom is -0.383 e. The first-order chi connectivity index (χ1) is 9.53. The van der Waals surface area contributed by atoms with Crippen molar-refractivity contribution in [2.75, 3.05) is 42.0 Å². The molecule has 1 aromatic heterocycles. The van der Waals surface area contributed by atoms with Crippen molar-refractivity contribution < 1.29 is 16.8 Å². The first-order valence-electron chi connectivity index (χ1n) is 6.51. The molecule has 1 aromatic rings. The van der Waals surface area contributed by atoms with Crippen molar-refractivity contribution >= 4 is 31.3 Å². The van der Waals surface area contributed by atoms with Crippen molar-refractivity contribution in [2.45, 2.75) is 25.3 Å². The van der Waals surface area contributed by atoms with Gasteiger partial charge in [0.25, 0.3) is 0 Å². The molecule has 2 N–H and O–H groups in total. The lowest BCUT2D eigenvalue weighted by atomic mass is 10.5. The van der Waals surface area contributed by atoms with Gasteiger partial charge in [-0.25, -0.2) is 21.5 Å². The van der Waals surface area contributed by atoms with Crippen LogP contribution in [0.15, 0.2) is 4.90 Å². The molecule has 0 aliphatic rings. The van der Waals surface area contributed by atoms with Gasteiger partial charge in [0.15, 0.2) is 30.4 Å². The molecule has 122 valence electrons. The normalized spacial score (nSPS) is 12.6. The number of aryl methyl sites for hydroxylation is 1. The van der Waals surface area contributed by atoms with Crippen LogP contribution in [0.25, 0.3) is 0 Å². The first kappa shape index (κ1) is 17.8. The predicted molar refractivity (Wildman–Crippen MR) is 83.0 cm³/mol. The summed E-state index contributed by atoms with van der Waals surface area (Å²) in [6.45, 7) is 3.98. The fraction of sp³-hybridized carbons (Fsp3) is 0.727. The van der Waals surface area contributed by atoms with Gasteiger partial charge in [0.05, 0.1) is 12.3 Å². The van der Waals surface area contributed by atoms with E-state index in [0.29, 0.717) is 6.54 Å². The largest absolute Gasteiger partial charge is 0.383 e. The third-order valence-corrected chi connectivity index (χ3v) is 6.01. The monoisotopic (exact) mass is 338 g/mol. The summed E-state index contributed by atoms with van der Waals surface area (Å²) in [5, 5.41) is 4.16. The van der Waals surface area contributed by atoms with Crippen LogP contribution in [0.5, 0.6) is 0 Å². The van der Waals surface area contributed by atoms with Crippen LogP contribution in [-0.2, 0) is 26.2 Å². The van der Waals surface area contributed by atoms with E-state index in [9.17, 15) is 16.8 Å². The van der Waals surface area contributed by atoms with Gasteiger partial charge < -0.3 is 10.6 Å². The number of hydrogen-bond donors (Lipinski definition) is 1. The standard InChI is InChI=1S/C11H22N4O4S2/c1-5-14(3)11-9(20(4,16)17)10(12)15(13-11)7-8-21(18,19)6-2/h5-8,12H2,1-4H3. The quantitative estimate of drug-likeness (QED) is 0.729. The second-order valence-electron chi connectivity index (χ2n) is 4.78. The van der Waals surface area contributed by atoms with Gasteiger partial charge in [-0.05, 0) is 6.92 Å². The van der Waals surface area contributed by atoms with Gasteiger partial charge in [0, 0.05) is 25.6 Å². The molecule has 0 saturated carbocycles. The van der Waals surface area contributed by atoms with Gasteiger partial charge in [-0.15, -0.1) is 0 Å². The Bertz CT molecular complexity index is 707. The van der Waals surface area contributed by atoms with Crippen LogP contribution in [0.3, 0.4) is 0 Å². The van der Waals surface area contributed by atoms with Gasteiger partial charge in [-0.2, -0.15) is 5.10 Å². The van der Waals surface area contributed by atoms with Crippen molar-refractivity contribution in [3.63, 3.8) is 0 Å². The number of nitrogens with two attached hydrogens (primary N) is 1. The van der Waals surface area contributed by atoms with Gasteiger partial charge in [-0.1, -0.05) is 6.92 Å². The van der Waals surface area contributed by atoms with E-state index >= 15 is 0 Å². The molecule has 0 spiro atoms. The maximum Gasteiger partial charge on any atom is 0.182 e. The van der Waals surface area contributed by atoms with Crippen molar-refractivity contribution in [1.29, 1.82) is 0 Å². The van der Waals surface area contributed by atoms with E-state index in [-0.39, 0.29) is 34.6 Å². The average molecular weight is 338 g/mol. The third-order valence-electron chi connectivity index (χ3n) is 3.19. The molecule has 1 heterocycles.